The van der Waals surface area contributed by atoms with Crippen LogP contribution in [0.5, 0.6) is 0 Å². The van der Waals surface area contributed by atoms with E-state index in [-0.39, 0.29) is 5.56 Å². The van der Waals surface area contributed by atoms with Crippen molar-refractivity contribution in [1.29, 1.82) is 0 Å². The number of nitrogens with zero attached hydrogens (tertiary/aromatic N) is 1. The van der Waals surface area contributed by atoms with E-state index in [1.54, 1.807) is 0 Å². The summed E-state index contributed by atoms with van der Waals surface area (Å²) < 4.78 is 37.0. The fourth-order valence-corrected chi connectivity index (χ4v) is 1.01. The first kappa shape index (κ1) is 10.4. The predicted molar refractivity (Wildman–Crippen MR) is 46.3 cm³/mol. The van der Waals surface area contributed by atoms with E-state index in [2.05, 4.69) is 5.18 Å². The number of halogens is 3. The van der Waals surface area contributed by atoms with Gasteiger partial charge in [-0.2, -0.15) is 13.2 Å². The average molecular weight is 201 g/mol. The summed E-state index contributed by atoms with van der Waals surface area (Å²) in [6.07, 6.45) is -2.61. The smallest absolute Gasteiger partial charge is 0.166 e. The van der Waals surface area contributed by atoms with Crippen LogP contribution in [-0.4, -0.2) is 0 Å². The van der Waals surface area contributed by atoms with Gasteiger partial charge < -0.3 is 0 Å². The van der Waals surface area contributed by atoms with Gasteiger partial charge in [0.15, 0.2) is 0 Å². The molecule has 0 amide bonds. The summed E-state index contributed by atoms with van der Waals surface area (Å²) in [4.78, 5) is 9.72. The molecule has 74 valence electrons. The molecule has 0 aliphatic heterocycles. The molecule has 0 aliphatic rings. The zero-order chi connectivity index (χ0) is 10.6. The Bertz CT molecular complexity index is 357. The molecule has 0 fully saturated rings. The second-order valence-electron chi connectivity index (χ2n) is 2.51. The van der Waals surface area contributed by atoms with E-state index >= 15 is 0 Å². The molecule has 0 unspecified atom stereocenters. The van der Waals surface area contributed by atoms with Crippen molar-refractivity contribution < 1.29 is 13.2 Å². The van der Waals surface area contributed by atoms with E-state index in [9.17, 15) is 18.1 Å². The highest BCUT2D eigenvalue weighted by Gasteiger charge is 2.32. The maximum Gasteiger partial charge on any atom is 0.416 e. The average Bonchev–Trinajstić information content (AvgIpc) is 2.14. The van der Waals surface area contributed by atoms with Gasteiger partial charge in [0, 0.05) is 0 Å². The minimum atomic E-state index is -4.41. The molecule has 0 heterocycles. The van der Waals surface area contributed by atoms with E-state index in [1.165, 1.54) is 18.2 Å². The van der Waals surface area contributed by atoms with Gasteiger partial charge in [-0.25, -0.2) is 0 Å². The molecule has 14 heavy (non-hydrogen) atoms. The molecule has 0 aliphatic carbocycles. The van der Waals surface area contributed by atoms with Crippen molar-refractivity contribution in [3.05, 3.63) is 46.5 Å². The van der Waals surface area contributed by atoms with Gasteiger partial charge in [-0.05, 0) is 22.9 Å². The summed E-state index contributed by atoms with van der Waals surface area (Å²) in [5.41, 5.74) is -0.848. The Kier molecular flexibility index (Phi) is 3.01. The van der Waals surface area contributed by atoms with Gasteiger partial charge in [-0.1, -0.05) is 18.2 Å². The van der Waals surface area contributed by atoms with Crippen molar-refractivity contribution in [3.63, 3.8) is 0 Å². The molecule has 1 rings (SSSR count). The van der Waals surface area contributed by atoms with Crippen LogP contribution in [0.4, 0.5) is 13.2 Å². The number of rotatable bonds is 2. The van der Waals surface area contributed by atoms with Crippen molar-refractivity contribution in [2.24, 2.45) is 5.18 Å². The summed E-state index contributed by atoms with van der Waals surface area (Å²) in [5, 5.41) is 2.36. The lowest BCUT2D eigenvalue weighted by molar-refractivity contribution is -0.137. The third-order valence-corrected chi connectivity index (χ3v) is 1.58. The molecule has 0 bridgehead atoms. The molecular weight excluding hydrogens is 195 g/mol. The van der Waals surface area contributed by atoms with Crippen LogP contribution in [-0.2, 0) is 6.18 Å². The van der Waals surface area contributed by atoms with Crippen LogP contribution in [0, 0.1) is 4.91 Å². The molecular formula is C9H6F3NO. The van der Waals surface area contributed by atoms with Crippen molar-refractivity contribution >= 4 is 6.08 Å². The topological polar surface area (TPSA) is 29.4 Å². The van der Waals surface area contributed by atoms with Gasteiger partial charge in [-0.3, -0.25) is 0 Å². The lowest BCUT2D eigenvalue weighted by atomic mass is 10.1. The summed E-state index contributed by atoms with van der Waals surface area (Å²) in [7, 11) is 0. The highest BCUT2D eigenvalue weighted by Crippen LogP contribution is 2.32. The Balaban J connectivity index is 3.16. The standard InChI is InChI=1S/C9H6F3NO/c10-9(11,12)8-4-2-1-3-7(8)5-6-13-14/h1-6H/b6-5+. The van der Waals surface area contributed by atoms with Gasteiger partial charge in [0.25, 0.3) is 0 Å². The predicted octanol–water partition coefficient (Wildman–Crippen LogP) is 3.44. The normalized spacial score (nSPS) is 11.9. The molecule has 0 spiro atoms. The maximum atomic E-state index is 12.3. The largest absolute Gasteiger partial charge is 0.416 e. The molecule has 0 atom stereocenters. The Hall–Kier alpha value is -1.65. The van der Waals surface area contributed by atoms with Crippen LogP contribution in [0.25, 0.3) is 6.08 Å². The third kappa shape index (κ3) is 2.42. The van der Waals surface area contributed by atoms with Crippen molar-refractivity contribution in [1.82, 2.24) is 0 Å². The van der Waals surface area contributed by atoms with Crippen LogP contribution in [0.1, 0.15) is 11.1 Å². The summed E-state index contributed by atoms with van der Waals surface area (Å²) in [5.74, 6) is 0. The fourth-order valence-electron chi connectivity index (χ4n) is 1.01. The van der Waals surface area contributed by atoms with E-state index in [0.717, 1.165) is 18.3 Å². The third-order valence-electron chi connectivity index (χ3n) is 1.58. The number of alkyl halides is 3. The summed E-state index contributed by atoms with van der Waals surface area (Å²) in [6, 6.07) is 4.96. The molecule has 5 heteroatoms. The van der Waals surface area contributed by atoms with E-state index < -0.39 is 11.7 Å². The van der Waals surface area contributed by atoms with Gasteiger partial charge in [0.05, 0.1) is 11.8 Å². The lowest BCUT2D eigenvalue weighted by Crippen LogP contribution is -2.06. The SMILES string of the molecule is O=N/C=C/c1ccccc1C(F)(F)F. The second-order valence-corrected chi connectivity index (χ2v) is 2.51. The Morgan fingerprint density at radius 1 is 1.21 bits per heavy atom. The number of hydrogen-bond acceptors (Lipinski definition) is 2. The monoisotopic (exact) mass is 201 g/mol. The van der Waals surface area contributed by atoms with Gasteiger partial charge in [0.2, 0.25) is 0 Å². The van der Waals surface area contributed by atoms with E-state index in [4.69, 9.17) is 0 Å². The Morgan fingerprint density at radius 2 is 1.86 bits per heavy atom. The molecule has 0 aromatic heterocycles. The number of benzene rings is 1. The van der Waals surface area contributed by atoms with E-state index in [1.807, 2.05) is 0 Å². The summed E-state index contributed by atoms with van der Waals surface area (Å²) >= 11 is 0. The van der Waals surface area contributed by atoms with Crippen molar-refractivity contribution in [2.75, 3.05) is 0 Å². The van der Waals surface area contributed by atoms with Crippen LogP contribution < -0.4 is 0 Å². The van der Waals surface area contributed by atoms with Crippen molar-refractivity contribution in [3.8, 4) is 0 Å². The zero-order valence-corrected chi connectivity index (χ0v) is 6.95. The molecule has 1 aromatic rings. The highest BCUT2D eigenvalue weighted by molar-refractivity contribution is 5.54. The molecule has 0 radical (unpaired) electrons. The Labute approximate surface area is 78.0 Å². The first-order chi connectivity index (χ1) is 6.55. The molecule has 1 aromatic carbocycles. The van der Waals surface area contributed by atoms with Gasteiger partial charge in [-0.15, -0.1) is 4.91 Å². The summed E-state index contributed by atoms with van der Waals surface area (Å²) in [6.45, 7) is 0. The second kappa shape index (κ2) is 4.04. The molecule has 0 saturated heterocycles. The highest BCUT2D eigenvalue weighted by atomic mass is 19.4. The quantitative estimate of drug-likeness (QED) is 0.674. The first-order valence-corrected chi connectivity index (χ1v) is 3.71. The van der Waals surface area contributed by atoms with Crippen LogP contribution in [0.3, 0.4) is 0 Å². The minimum absolute atomic E-state index is 0.0698. The fraction of sp³-hybridized carbons (Fsp3) is 0.111. The first-order valence-electron chi connectivity index (χ1n) is 3.71. The van der Waals surface area contributed by atoms with Crippen LogP contribution in [0.2, 0.25) is 0 Å². The lowest BCUT2D eigenvalue weighted by Gasteiger charge is -2.08. The molecule has 0 N–H and O–H groups in total. The molecule has 0 saturated carbocycles. The zero-order valence-electron chi connectivity index (χ0n) is 6.95. The van der Waals surface area contributed by atoms with Gasteiger partial charge >= 0.3 is 6.18 Å². The number of hydrogen-bond donors (Lipinski definition) is 0. The van der Waals surface area contributed by atoms with Crippen LogP contribution in [0.15, 0.2) is 35.6 Å². The Morgan fingerprint density at radius 3 is 2.43 bits per heavy atom. The van der Waals surface area contributed by atoms with Crippen LogP contribution >= 0.6 is 0 Å². The van der Waals surface area contributed by atoms with Crippen molar-refractivity contribution in [2.45, 2.75) is 6.18 Å². The van der Waals surface area contributed by atoms with E-state index in [0.29, 0.717) is 0 Å². The molecule has 2 nitrogen and oxygen atoms in total. The maximum absolute atomic E-state index is 12.3. The number of nitroso groups, excluding NO2 is 1. The van der Waals surface area contributed by atoms with Gasteiger partial charge in [0.1, 0.15) is 0 Å². The minimum Gasteiger partial charge on any atom is -0.166 e.